The fraction of sp³-hybridized carbons (Fsp3) is 0.375. The molecule has 21 heavy (non-hydrogen) atoms. The Kier molecular flexibility index (Phi) is 6.37. The summed E-state index contributed by atoms with van der Waals surface area (Å²) in [5.74, 6) is 0.699. The fourth-order valence-corrected chi connectivity index (χ4v) is 2.33. The number of anilines is 1. The second kappa shape index (κ2) is 8.02. The molecule has 5 heteroatoms. The lowest BCUT2D eigenvalue weighted by atomic mass is 9.90. The van der Waals surface area contributed by atoms with Crippen molar-refractivity contribution in [2.75, 3.05) is 5.32 Å². The largest absolute Gasteiger partial charge is 0.508 e. The first kappa shape index (κ1) is 16.7. The lowest BCUT2D eigenvalue weighted by molar-refractivity contribution is -0.191. The first-order valence-electron chi connectivity index (χ1n) is 6.76. The van der Waals surface area contributed by atoms with E-state index in [0.717, 1.165) is 30.4 Å². The summed E-state index contributed by atoms with van der Waals surface area (Å²) in [5, 5.41) is 12.3. The van der Waals surface area contributed by atoms with E-state index in [4.69, 9.17) is 9.59 Å². The zero-order valence-electron chi connectivity index (χ0n) is 12.2. The van der Waals surface area contributed by atoms with E-state index in [1.807, 2.05) is 19.1 Å². The zero-order chi connectivity index (χ0) is 15.8. The molecule has 2 rings (SSSR count). The highest BCUT2D eigenvalue weighted by atomic mass is 16.3. The van der Waals surface area contributed by atoms with Gasteiger partial charge in [-0.05, 0) is 49.8 Å². The minimum absolute atomic E-state index is 0.0495. The average Bonchev–Trinajstić information content (AvgIpc) is 2.38. The van der Waals surface area contributed by atoms with Crippen LogP contribution in [0.15, 0.2) is 29.8 Å². The van der Waals surface area contributed by atoms with Crippen molar-refractivity contribution in [3.05, 3.63) is 35.4 Å². The Hall–Kier alpha value is -2.39. The second-order valence-electron chi connectivity index (χ2n) is 5.21. The van der Waals surface area contributed by atoms with E-state index in [1.54, 1.807) is 12.1 Å². The lowest BCUT2D eigenvalue weighted by Crippen LogP contribution is -2.18. The number of nitrogens with one attached hydrogen (secondary N) is 1. The Morgan fingerprint density at radius 2 is 2.00 bits per heavy atom. The van der Waals surface area contributed by atoms with Gasteiger partial charge in [0, 0.05) is 17.3 Å². The van der Waals surface area contributed by atoms with E-state index >= 15 is 0 Å². The maximum absolute atomic E-state index is 12.1. The third kappa shape index (κ3) is 5.63. The van der Waals surface area contributed by atoms with Crippen LogP contribution in [0, 0.1) is 12.8 Å². The average molecular weight is 289 g/mol. The summed E-state index contributed by atoms with van der Waals surface area (Å²) in [4.78, 5) is 28.3. The number of aryl methyl sites for hydroxylation is 1. The number of rotatable bonds is 2. The molecule has 1 atom stereocenters. The molecule has 0 aromatic heterocycles. The second-order valence-corrected chi connectivity index (χ2v) is 5.21. The van der Waals surface area contributed by atoms with Gasteiger partial charge < -0.3 is 10.4 Å². The van der Waals surface area contributed by atoms with Gasteiger partial charge >= 0.3 is 6.15 Å². The van der Waals surface area contributed by atoms with Gasteiger partial charge in [0.1, 0.15) is 5.75 Å². The SMILES string of the molecule is Cc1cc(O)cc(NC(=O)C2=CCCC(C)C2)c1.O=C=O. The quantitative estimate of drug-likeness (QED) is 0.877. The molecule has 0 saturated carbocycles. The Labute approximate surface area is 123 Å². The van der Waals surface area contributed by atoms with E-state index in [1.165, 1.54) is 0 Å². The number of allylic oxidation sites excluding steroid dienone is 1. The van der Waals surface area contributed by atoms with Crippen LogP contribution in [-0.2, 0) is 14.4 Å². The molecule has 112 valence electrons. The Balaban J connectivity index is 0.000000677. The number of amides is 1. The molecule has 1 aliphatic rings. The van der Waals surface area contributed by atoms with Crippen molar-refractivity contribution in [1.29, 1.82) is 0 Å². The van der Waals surface area contributed by atoms with Crippen molar-refractivity contribution < 1.29 is 19.5 Å². The van der Waals surface area contributed by atoms with Crippen molar-refractivity contribution >= 4 is 17.7 Å². The molecule has 1 aliphatic carbocycles. The highest BCUT2D eigenvalue weighted by Crippen LogP contribution is 2.25. The Bertz CT molecular complexity index is 551. The van der Waals surface area contributed by atoms with Gasteiger partial charge in [-0.15, -0.1) is 0 Å². The summed E-state index contributed by atoms with van der Waals surface area (Å²) < 4.78 is 0. The van der Waals surface area contributed by atoms with Crippen LogP contribution in [0.1, 0.15) is 31.7 Å². The van der Waals surface area contributed by atoms with Crippen molar-refractivity contribution in [2.24, 2.45) is 5.92 Å². The third-order valence-corrected chi connectivity index (χ3v) is 3.23. The van der Waals surface area contributed by atoms with E-state index in [-0.39, 0.29) is 17.8 Å². The molecule has 2 N–H and O–H groups in total. The van der Waals surface area contributed by atoms with Gasteiger partial charge in [-0.3, -0.25) is 4.79 Å². The van der Waals surface area contributed by atoms with Crippen LogP contribution in [-0.4, -0.2) is 17.2 Å². The summed E-state index contributed by atoms with van der Waals surface area (Å²) in [5.41, 5.74) is 2.43. The van der Waals surface area contributed by atoms with Crippen molar-refractivity contribution in [3.63, 3.8) is 0 Å². The molecule has 0 spiro atoms. The number of phenolic OH excluding ortho intramolecular Hbond substituents is 1. The first-order chi connectivity index (χ1) is 9.96. The molecular weight excluding hydrogens is 270 g/mol. The van der Waals surface area contributed by atoms with E-state index in [2.05, 4.69) is 12.2 Å². The number of aromatic hydroxyl groups is 1. The number of benzene rings is 1. The van der Waals surface area contributed by atoms with Crippen LogP contribution < -0.4 is 5.32 Å². The highest BCUT2D eigenvalue weighted by Gasteiger charge is 2.17. The maximum Gasteiger partial charge on any atom is 0.373 e. The van der Waals surface area contributed by atoms with E-state index < -0.39 is 0 Å². The van der Waals surface area contributed by atoms with Crippen LogP contribution in [0.5, 0.6) is 5.75 Å². The predicted octanol–water partition coefficient (Wildman–Crippen LogP) is 2.80. The topological polar surface area (TPSA) is 83.5 Å². The summed E-state index contributed by atoms with van der Waals surface area (Å²) >= 11 is 0. The Morgan fingerprint density at radius 1 is 1.33 bits per heavy atom. The number of hydrogen-bond acceptors (Lipinski definition) is 4. The maximum atomic E-state index is 12.1. The summed E-state index contributed by atoms with van der Waals surface area (Å²) in [6.07, 6.45) is 5.24. The number of hydrogen-bond donors (Lipinski definition) is 2. The van der Waals surface area contributed by atoms with Gasteiger partial charge in [-0.25, -0.2) is 0 Å². The van der Waals surface area contributed by atoms with E-state index in [0.29, 0.717) is 11.6 Å². The molecule has 1 aromatic carbocycles. The minimum atomic E-state index is -0.0495. The molecule has 0 fully saturated rings. The molecule has 1 unspecified atom stereocenters. The molecule has 0 radical (unpaired) electrons. The van der Waals surface area contributed by atoms with Crippen molar-refractivity contribution in [2.45, 2.75) is 33.1 Å². The summed E-state index contributed by atoms with van der Waals surface area (Å²) in [6.45, 7) is 4.05. The van der Waals surface area contributed by atoms with Gasteiger partial charge in [0.25, 0.3) is 5.91 Å². The fourth-order valence-electron chi connectivity index (χ4n) is 2.33. The number of phenols is 1. The number of carbonyl (C=O) groups is 1. The molecule has 1 amide bonds. The molecular formula is C16H19NO4. The predicted molar refractivity (Wildman–Crippen MR) is 77.6 cm³/mol. The molecule has 0 bridgehead atoms. The van der Waals surface area contributed by atoms with Gasteiger partial charge in [0.2, 0.25) is 0 Å². The van der Waals surface area contributed by atoms with Gasteiger partial charge in [0.05, 0.1) is 0 Å². The van der Waals surface area contributed by atoms with Crippen LogP contribution in [0.4, 0.5) is 5.69 Å². The van der Waals surface area contributed by atoms with Crippen LogP contribution in [0.3, 0.4) is 0 Å². The van der Waals surface area contributed by atoms with Gasteiger partial charge in [0.15, 0.2) is 0 Å². The summed E-state index contributed by atoms with van der Waals surface area (Å²) in [6, 6.07) is 5.08. The van der Waals surface area contributed by atoms with Gasteiger partial charge in [-0.1, -0.05) is 13.0 Å². The van der Waals surface area contributed by atoms with Crippen LogP contribution in [0.2, 0.25) is 0 Å². The molecule has 0 heterocycles. The first-order valence-corrected chi connectivity index (χ1v) is 6.76. The highest BCUT2D eigenvalue weighted by molar-refractivity contribution is 6.03. The molecule has 0 aliphatic heterocycles. The van der Waals surface area contributed by atoms with Crippen molar-refractivity contribution in [3.8, 4) is 5.75 Å². The zero-order valence-corrected chi connectivity index (χ0v) is 12.2. The number of carbonyl (C=O) groups excluding carboxylic acids is 3. The third-order valence-electron chi connectivity index (χ3n) is 3.23. The normalized spacial score (nSPS) is 16.9. The van der Waals surface area contributed by atoms with Crippen molar-refractivity contribution in [1.82, 2.24) is 0 Å². The monoisotopic (exact) mass is 289 g/mol. The minimum Gasteiger partial charge on any atom is -0.508 e. The lowest BCUT2D eigenvalue weighted by Gasteiger charge is -2.18. The van der Waals surface area contributed by atoms with Gasteiger partial charge in [-0.2, -0.15) is 9.59 Å². The molecule has 5 nitrogen and oxygen atoms in total. The van der Waals surface area contributed by atoms with E-state index in [9.17, 15) is 9.90 Å². The Morgan fingerprint density at radius 3 is 2.57 bits per heavy atom. The smallest absolute Gasteiger partial charge is 0.373 e. The molecule has 1 aromatic rings. The van der Waals surface area contributed by atoms with Crippen LogP contribution in [0.25, 0.3) is 0 Å². The summed E-state index contributed by atoms with van der Waals surface area (Å²) in [7, 11) is 0. The van der Waals surface area contributed by atoms with Crippen LogP contribution >= 0.6 is 0 Å². The standard InChI is InChI=1S/C15H19NO2.CO2/c1-10-4-3-5-12(6-10)15(18)16-13-7-11(2)8-14(17)9-13;2-1-3/h5,7-10,17H,3-4,6H2,1-2H3,(H,16,18);. The molecule has 0 saturated heterocycles.